The number of nitriles is 1. The first-order chi connectivity index (χ1) is 11.1. The summed E-state index contributed by atoms with van der Waals surface area (Å²) in [4.78, 5) is 23.5. The summed E-state index contributed by atoms with van der Waals surface area (Å²) in [5, 5.41) is 9.17. The molecule has 0 fully saturated rings. The Balaban J connectivity index is 5.36. The fourth-order valence-corrected chi connectivity index (χ4v) is 1.95. The summed E-state index contributed by atoms with van der Waals surface area (Å²) in [5.41, 5.74) is -0.0166. The van der Waals surface area contributed by atoms with Gasteiger partial charge in [-0.1, -0.05) is 0 Å². The zero-order valence-electron chi connectivity index (χ0n) is 15.9. The van der Waals surface area contributed by atoms with E-state index in [1.165, 1.54) is 12.3 Å². The molecule has 0 saturated carbocycles. The fourth-order valence-electron chi connectivity index (χ4n) is 1.95. The van der Waals surface area contributed by atoms with Crippen molar-refractivity contribution in [2.75, 3.05) is 56.4 Å². The first-order valence-electron chi connectivity index (χ1n) is 7.41. The van der Waals surface area contributed by atoms with Crippen LogP contribution in [0.3, 0.4) is 0 Å². The van der Waals surface area contributed by atoms with Crippen LogP contribution in [-0.2, 0) is 4.79 Å². The minimum absolute atomic E-state index is 0.0166. The maximum Gasteiger partial charge on any atom is 0.287 e. The molecule has 0 aliphatic rings. The molecule has 0 aromatic carbocycles. The van der Waals surface area contributed by atoms with E-state index in [1.54, 1.807) is 12.2 Å². The minimum Gasteiger partial charge on any atom is -0.364 e. The molecule has 132 valence electrons. The van der Waals surface area contributed by atoms with Gasteiger partial charge < -0.3 is 19.6 Å². The van der Waals surface area contributed by atoms with Gasteiger partial charge >= 0.3 is 0 Å². The number of rotatable bonds is 7. The first kappa shape index (κ1) is 21.2. The van der Waals surface area contributed by atoms with E-state index in [0.717, 1.165) is 11.6 Å². The maximum absolute atomic E-state index is 12.0. The summed E-state index contributed by atoms with van der Waals surface area (Å²) >= 11 is 0. The lowest BCUT2D eigenvalue weighted by Crippen LogP contribution is -2.24. The van der Waals surface area contributed by atoms with E-state index in [2.05, 4.69) is 4.99 Å². The number of carbonyl (C=O) groups is 1. The Morgan fingerprint density at radius 1 is 0.792 bits per heavy atom. The second-order valence-corrected chi connectivity index (χ2v) is 5.90. The molecule has 24 heavy (non-hydrogen) atoms. The molecule has 7 heteroatoms. The third-order valence-corrected chi connectivity index (χ3v) is 3.00. The van der Waals surface area contributed by atoms with E-state index in [9.17, 15) is 10.1 Å². The molecule has 0 aliphatic carbocycles. The number of hydrogen-bond acceptors (Lipinski definition) is 6. The van der Waals surface area contributed by atoms with E-state index < -0.39 is 5.91 Å². The van der Waals surface area contributed by atoms with Gasteiger partial charge in [0.1, 0.15) is 23.3 Å². The molecule has 0 aliphatic heterocycles. The van der Waals surface area contributed by atoms with Crippen molar-refractivity contribution in [3.05, 3.63) is 35.4 Å². The number of amides is 1. The largest absolute Gasteiger partial charge is 0.364 e. The third kappa shape index (κ3) is 7.01. The average molecular weight is 332 g/mol. The van der Waals surface area contributed by atoms with Crippen LogP contribution >= 0.6 is 0 Å². The second-order valence-electron chi connectivity index (χ2n) is 5.90. The molecule has 0 heterocycles. The normalized spacial score (nSPS) is 10.7. The standard InChI is InChI=1S/C17H28N6O/c1-20(2)15(21(3)4)10-9-14(13-18)17(24)19-12-11-16(22(5)6)23(7)8/h9-12H,1-8H3/b14-9+,19-12?. The number of aliphatic imine (C=N–C) groups is 1. The Hall–Kier alpha value is -2.75. The Kier molecular flexibility index (Phi) is 8.95. The molecule has 0 N–H and O–H groups in total. The molecule has 0 rings (SSSR count). The van der Waals surface area contributed by atoms with Gasteiger partial charge in [0.15, 0.2) is 0 Å². The Morgan fingerprint density at radius 2 is 1.21 bits per heavy atom. The van der Waals surface area contributed by atoms with E-state index >= 15 is 0 Å². The minimum atomic E-state index is -0.571. The van der Waals surface area contributed by atoms with Crippen LogP contribution in [0.15, 0.2) is 40.4 Å². The van der Waals surface area contributed by atoms with Crippen LogP contribution in [0.25, 0.3) is 0 Å². The smallest absolute Gasteiger partial charge is 0.287 e. The average Bonchev–Trinajstić information content (AvgIpc) is 2.46. The van der Waals surface area contributed by atoms with Crippen molar-refractivity contribution in [2.24, 2.45) is 4.99 Å². The lowest BCUT2D eigenvalue weighted by Gasteiger charge is -2.24. The lowest BCUT2D eigenvalue weighted by molar-refractivity contribution is -0.113. The zero-order chi connectivity index (χ0) is 18.9. The van der Waals surface area contributed by atoms with E-state index in [-0.39, 0.29) is 5.57 Å². The van der Waals surface area contributed by atoms with Crippen LogP contribution in [0, 0.1) is 11.3 Å². The van der Waals surface area contributed by atoms with Gasteiger partial charge in [-0.25, -0.2) is 4.99 Å². The predicted octanol–water partition coefficient (Wildman–Crippen LogP) is 0.963. The van der Waals surface area contributed by atoms with Crippen LogP contribution in [0.1, 0.15) is 0 Å². The molecular formula is C17H28N6O. The highest BCUT2D eigenvalue weighted by atomic mass is 16.1. The van der Waals surface area contributed by atoms with Gasteiger partial charge in [0.2, 0.25) is 0 Å². The summed E-state index contributed by atoms with van der Waals surface area (Å²) in [6.45, 7) is 0. The summed E-state index contributed by atoms with van der Waals surface area (Å²) in [6.07, 6.45) is 6.32. The van der Waals surface area contributed by atoms with Crippen molar-refractivity contribution < 1.29 is 4.79 Å². The van der Waals surface area contributed by atoms with Gasteiger partial charge in [0.25, 0.3) is 5.91 Å². The van der Waals surface area contributed by atoms with Gasteiger partial charge in [-0.2, -0.15) is 5.26 Å². The Morgan fingerprint density at radius 3 is 1.58 bits per heavy atom. The van der Waals surface area contributed by atoms with Crippen molar-refractivity contribution in [1.29, 1.82) is 5.26 Å². The van der Waals surface area contributed by atoms with Crippen LogP contribution in [0.4, 0.5) is 0 Å². The quantitative estimate of drug-likeness (QED) is 0.299. The Bertz CT molecular complexity index is 569. The van der Waals surface area contributed by atoms with Crippen LogP contribution in [-0.4, -0.2) is 88.1 Å². The Labute approximate surface area is 145 Å². The summed E-state index contributed by atoms with van der Waals surface area (Å²) in [6, 6.07) is 1.89. The van der Waals surface area contributed by atoms with Crippen LogP contribution in [0.5, 0.6) is 0 Å². The number of nitrogens with zero attached hydrogens (tertiary/aromatic N) is 6. The summed E-state index contributed by atoms with van der Waals surface area (Å²) in [7, 11) is 15.2. The topological polar surface area (TPSA) is 66.2 Å². The van der Waals surface area contributed by atoms with E-state index in [0.29, 0.717) is 0 Å². The molecule has 0 spiro atoms. The number of hydrogen-bond donors (Lipinski definition) is 0. The molecule has 0 unspecified atom stereocenters. The molecule has 0 bridgehead atoms. The van der Waals surface area contributed by atoms with E-state index in [4.69, 9.17) is 0 Å². The van der Waals surface area contributed by atoms with Crippen molar-refractivity contribution in [3.8, 4) is 6.07 Å². The highest BCUT2D eigenvalue weighted by Crippen LogP contribution is 2.05. The van der Waals surface area contributed by atoms with Gasteiger partial charge in [-0.3, -0.25) is 4.79 Å². The number of allylic oxidation sites excluding steroid dienone is 3. The number of carbonyl (C=O) groups excluding carboxylic acids is 1. The predicted molar refractivity (Wildman–Crippen MR) is 98.1 cm³/mol. The molecule has 0 radical (unpaired) electrons. The molecule has 0 atom stereocenters. The molecule has 0 saturated heterocycles. The van der Waals surface area contributed by atoms with Gasteiger partial charge in [-0.15, -0.1) is 0 Å². The van der Waals surface area contributed by atoms with Crippen LogP contribution in [0.2, 0.25) is 0 Å². The molecule has 7 nitrogen and oxygen atoms in total. The maximum atomic E-state index is 12.0. The van der Waals surface area contributed by atoms with Crippen molar-refractivity contribution in [2.45, 2.75) is 0 Å². The molecule has 1 amide bonds. The van der Waals surface area contributed by atoms with Gasteiger partial charge in [-0.05, 0) is 18.2 Å². The zero-order valence-corrected chi connectivity index (χ0v) is 15.9. The highest BCUT2D eigenvalue weighted by molar-refractivity contribution is 6.02. The summed E-state index contributed by atoms with van der Waals surface area (Å²) in [5.74, 6) is 1.18. The monoisotopic (exact) mass is 332 g/mol. The van der Waals surface area contributed by atoms with E-state index in [1.807, 2.05) is 82.1 Å². The van der Waals surface area contributed by atoms with Gasteiger partial charge in [0.05, 0.1) is 0 Å². The first-order valence-corrected chi connectivity index (χ1v) is 7.41. The second kappa shape index (κ2) is 10.1. The lowest BCUT2D eigenvalue weighted by atomic mass is 10.2. The summed E-state index contributed by atoms with van der Waals surface area (Å²) < 4.78 is 0. The third-order valence-electron chi connectivity index (χ3n) is 3.00. The highest BCUT2D eigenvalue weighted by Gasteiger charge is 2.07. The SMILES string of the molecule is CN(C)C(=CC=NC(=O)/C(C#N)=C/C=C(N(C)C)N(C)C)N(C)C. The molecule has 0 aromatic heterocycles. The van der Waals surface area contributed by atoms with Crippen molar-refractivity contribution in [3.63, 3.8) is 0 Å². The van der Waals surface area contributed by atoms with Gasteiger partial charge in [0, 0.05) is 62.6 Å². The fraction of sp³-hybridized carbons (Fsp3) is 0.471. The molecular weight excluding hydrogens is 304 g/mol. The van der Waals surface area contributed by atoms with Crippen LogP contribution < -0.4 is 0 Å². The van der Waals surface area contributed by atoms with Crippen molar-refractivity contribution >= 4 is 12.1 Å². The van der Waals surface area contributed by atoms with Crippen molar-refractivity contribution in [1.82, 2.24) is 19.6 Å². The molecule has 0 aromatic rings.